The van der Waals surface area contributed by atoms with Crippen molar-refractivity contribution in [2.24, 2.45) is 0 Å². The van der Waals surface area contributed by atoms with Crippen LogP contribution in [0.4, 0.5) is 24.7 Å². The Morgan fingerprint density at radius 2 is 1.86 bits per heavy atom. The van der Waals surface area contributed by atoms with Crippen molar-refractivity contribution in [1.82, 2.24) is 9.97 Å². The molecule has 0 fully saturated rings. The average molecular weight is 501 g/mol. The number of benzene rings is 2. The number of halogens is 3. The minimum atomic E-state index is -3.80. The predicted molar refractivity (Wildman–Crippen MR) is 134 cm³/mol. The van der Waals surface area contributed by atoms with E-state index in [9.17, 15) is 18.7 Å². The molecule has 1 aromatic heterocycles. The zero-order chi connectivity index (χ0) is 26.8. The number of nitrogens with one attached hydrogen (secondary N) is 1. The van der Waals surface area contributed by atoms with Gasteiger partial charge in [0.15, 0.2) is 0 Å². The zero-order valence-corrected chi connectivity index (χ0v) is 21.5. The molecule has 2 aromatic carbocycles. The van der Waals surface area contributed by atoms with E-state index in [1.165, 1.54) is 12.1 Å². The van der Waals surface area contributed by atoms with Gasteiger partial charge >= 0.3 is 5.92 Å². The molecule has 1 atom stereocenters. The Morgan fingerprint density at radius 3 is 2.47 bits per heavy atom. The fourth-order valence-electron chi connectivity index (χ4n) is 4.73. The van der Waals surface area contributed by atoms with Crippen LogP contribution in [0.2, 0.25) is 0 Å². The van der Waals surface area contributed by atoms with Gasteiger partial charge in [-0.25, -0.2) is 14.4 Å². The first-order valence-corrected chi connectivity index (χ1v) is 11.9. The lowest BCUT2D eigenvalue weighted by Gasteiger charge is -2.30. The van der Waals surface area contributed by atoms with Crippen LogP contribution >= 0.6 is 0 Å². The second kappa shape index (κ2) is 8.44. The third-order valence-corrected chi connectivity index (χ3v) is 6.94. The maximum atomic E-state index is 15.3. The molecule has 0 saturated heterocycles. The predicted octanol–water partition coefficient (Wildman–Crippen LogP) is 5.76. The van der Waals surface area contributed by atoms with Gasteiger partial charge in [-0.15, -0.1) is 0 Å². The molecule has 1 aliphatic heterocycles. The van der Waals surface area contributed by atoms with E-state index in [1.807, 2.05) is 32.9 Å². The number of aliphatic hydroxyl groups is 1. The summed E-state index contributed by atoms with van der Waals surface area (Å²) in [5.41, 5.74) is -1.80. The molecule has 192 valence electrons. The van der Waals surface area contributed by atoms with Crippen molar-refractivity contribution in [1.29, 1.82) is 0 Å². The number of alkyl halides is 2. The summed E-state index contributed by atoms with van der Waals surface area (Å²) in [7, 11) is 0. The van der Waals surface area contributed by atoms with Crippen LogP contribution in [-0.4, -0.2) is 33.1 Å². The van der Waals surface area contributed by atoms with Gasteiger partial charge in [-0.2, -0.15) is 8.78 Å². The third-order valence-electron chi connectivity index (χ3n) is 6.94. The van der Waals surface area contributed by atoms with Crippen molar-refractivity contribution in [3.63, 3.8) is 0 Å². The summed E-state index contributed by atoms with van der Waals surface area (Å²) in [6.07, 6.45) is 0. The Hall–Kier alpha value is -3.20. The van der Waals surface area contributed by atoms with Crippen molar-refractivity contribution in [2.45, 2.75) is 71.4 Å². The molecule has 0 radical (unpaired) electrons. The number of fused-ring (bicyclic) bond motifs is 2. The monoisotopic (exact) mass is 500 g/mol. The maximum absolute atomic E-state index is 15.3. The molecule has 3 aromatic rings. The van der Waals surface area contributed by atoms with Crippen molar-refractivity contribution >= 4 is 28.3 Å². The number of carbonyl (C=O) groups excluding carboxylic acids is 1. The van der Waals surface area contributed by atoms with Crippen LogP contribution in [0.15, 0.2) is 30.3 Å². The Kier molecular flexibility index (Phi) is 6.06. The number of aromatic nitrogens is 2. The van der Waals surface area contributed by atoms with Gasteiger partial charge in [0.05, 0.1) is 28.2 Å². The maximum Gasteiger partial charge on any atom is 0.303 e. The first-order valence-electron chi connectivity index (χ1n) is 11.9. The zero-order valence-electron chi connectivity index (χ0n) is 21.5. The normalized spacial score (nSPS) is 16.4. The van der Waals surface area contributed by atoms with E-state index >= 15 is 4.39 Å². The molecule has 0 aliphatic carbocycles. The molecule has 0 bridgehead atoms. The van der Waals surface area contributed by atoms with Crippen LogP contribution in [-0.2, 0) is 16.1 Å². The molecule has 0 saturated carbocycles. The number of anilines is 2. The standard InChI is InChI=1S/C27H31F3N4O2/c1-8-34-21-13-20-17(12-19(21)25(4,5)24(34)35)23(33-15(3)32-20)31-14(2)16-10-9-11-18(22(16)28)27(29,30)26(6,7)36/h9-14,36H,8H2,1-7H3,(H,31,32,33). The largest absolute Gasteiger partial charge is 0.384 e. The molecular weight excluding hydrogens is 469 g/mol. The number of hydrogen-bond donors (Lipinski definition) is 2. The van der Waals surface area contributed by atoms with Gasteiger partial charge in [0, 0.05) is 17.5 Å². The fraction of sp³-hybridized carbons (Fsp3) is 0.444. The van der Waals surface area contributed by atoms with Crippen molar-refractivity contribution in [2.75, 3.05) is 16.8 Å². The number of aryl methyl sites for hydroxylation is 1. The number of likely N-dealkylation sites (N-methyl/N-ethyl adjacent to an activating group) is 1. The summed E-state index contributed by atoms with van der Waals surface area (Å²) in [6.45, 7) is 11.4. The molecule has 6 nitrogen and oxygen atoms in total. The minimum absolute atomic E-state index is 0.00511. The van der Waals surface area contributed by atoms with E-state index in [4.69, 9.17) is 0 Å². The van der Waals surface area contributed by atoms with E-state index < -0.39 is 34.4 Å². The molecule has 4 rings (SSSR count). The quantitative estimate of drug-likeness (QED) is 0.450. The van der Waals surface area contributed by atoms with Crippen molar-refractivity contribution in [3.8, 4) is 0 Å². The van der Waals surface area contributed by atoms with E-state index in [0.29, 0.717) is 29.1 Å². The van der Waals surface area contributed by atoms with Gasteiger partial charge in [-0.1, -0.05) is 12.1 Å². The molecule has 36 heavy (non-hydrogen) atoms. The molecule has 2 heterocycles. The molecular formula is C27H31F3N4O2. The van der Waals surface area contributed by atoms with Gasteiger partial charge in [0.2, 0.25) is 5.91 Å². The average Bonchev–Trinajstić information content (AvgIpc) is 2.96. The van der Waals surface area contributed by atoms with Crippen LogP contribution in [0.3, 0.4) is 0 Å². The fourth-order valence-corrected chi connectivity index (χ4v) is 4.73. The Labute approximate surface area is 208 Å². The van der Waals surface area contributed by atoms with Gasteiger partial charge in [-0.3, -0.25) is 4.79 Å². The molecule has 9 heteroatoms. The van der Waals surface area contributed by atoms with E-state index in [1.54, 1.807) is 18.7 Å². The van der Waals surface area contributed by atoms with Gasteiger partial charge in [-0.05, 0) is 72.2 Å². The Bertz CT molecular complexity index is 1370. The van der Waals surface area contributed by atoms with Crippen molar-refractivity contribution in [3.05, 3.63) is 58.7 Å². The second-order valence-electron chi connectivity index (χ2n) is 10.4. The summed E-state index contributed by atoms with van der Waals surface area (Å²) in [6, 6.07) is 6.74. The van der Waals surface area contributed by atoms with Gasteiger partial charge in [0.1, 0.15) is 23.1 Å². The third kappa shape index (κ3) is 3.89. The molecule has 2 N–H and O–H groups in total. The number of amides is 1. The van der Waals surface area contributed by atoms with E-state index in [2.05, 4.69) is 15.3 Å². The van der Waals surface area contributed by atoms with Crippen LogP contribution in [0.25, 0.3) is 10.9 Å². The highest BCUT2D eigenvalue weighted by Gasteiger charge is 2.49. The minimum Gasteiger partial charge on any atom is -0.384 e. The lowest BCUT2D eigenvalue weighted by Crippen LogP contribution is -2.41. The molecule has 0 spiro atoms. The first kappa shape index (κ1) is 25.9. The van der Waals surface area contributed by atoms with Crippen LogP contribution in [0.5, 0.6) is 0 Å². The topological polar surface area (TPSA) is 78.4 Å². The molecule has 1 unspecified atom stereocenters. The highest BCUT2D eigenvalue weighted by Crippen LogP contribution is 2.45. The molecule has 1 aliphatic rings. The number of nitrogens with zero attached hydrogens (tertiary/aromatic N) is 3. The number of carbonyl (C=O) groups is 1. The van der Waals surface area contributed by atoms with Crippen LogP contribution in [0, 0.1) is 12.7 Å². The summed E-state index contributed by atoms with van der Waals surface area (Å²) in [5, 5.41) is 13.7. The lowest BCUT2D eigenvalue weighted by atomic mass is 9.85. The summed E-state index contributed by atoms with van der Waals surface area (Å²) in [4.78, 5) is 23.8. The second-order valence-corrected chi connectivity index (χ2v) is 10.4. The van der Waals surface area contributed by atoms with E-state index in [-0.39, 0.29) is 11.5 Å². The SMILES string of the molecule is CCN1C(=O)C(C)(C)c2cc3c(NC(C)c4cccc(C(F)(F)C(C)(C)O)c4F)nc(C)nc3cc21. The van der Waals surface area contributed by atoms with Crippen molar-refractivity contribution < 1.29 is 23.1 Å². The summed E-state index contributed by atoms with van der Waals surface area (Å²) >= 11 is 0. The van der Waals surface area contributed by atoms with E-state index in [0.717, 1.165) is 31.2 Å². The number of rotatable bonds is 6. The Morgan fingerprint density at radius 1 is 1.19 bits per heavy atom. The van der Waals surface area contributed by atoms with Crippen LogP contribution < -0.4 is 10.2 Å². The summed E-state index contributed by atoms with van der Waals surface area (Å²) < 4.78 is 44.9. The van der Waals surface area contributed by atoms with Crippen LogP contribution in [0.1, 0.15) is 70.1 Å². The Balaban J connectivity index is 1.80. The highest BCUT2D eigenvalue weighted by molar-refractivity contribution is 6.10. The van der Waals surface area contributed by atoms with Gasteiger partial charge in [0.25, 0.3) is 0 Å². The smallest absolute Gasteiger partial charge is 0.303 e. The first-order chi connectivity index (χ1) is 16.6. The molecule has 1 amide bonds. The lowest BCUT2D eigenvalue weighted by molar-refractivity contribution is -0.170. The number of hydrogen-bond acceptors (Lipinski definition) is 5. The van der Waals surface area contributed by atoms with Gasteiger partial charge < -0.3 is 15.3 Å². The highest BCUT2D eigenvalue weighted by atomic mass is 19.3. The summed E-state index contributed by atoms with van der Waals surface area (Å²) in [5.74, 6) is -4.02.